The number of imide groups is 1. The molecule has 11 heteroatoms. The van der Waals surface area contributed by atoms with E-state index in [2.05, 4.69) is 5.32 Å². The summed E-state index contributed by atoms with van der Waals surface area (Å²) in [7, 11) is 0. The van der Waals surface area contributed by atoms with E-state index >= 15 is 0 Å². The largest absolute Gasteiger partial charge is 0.455 e. The number of hydrogen-bond acceptors (Lipinski definition) is 5. The predicted octanol–water partition coefficient (Wildman–Crippen LogP) is 8.97. The van der Waals surface area contributed by atoms with Crippen LogP contribution in [0.3, 0.4) is 0 Å². The van der Waals surface area contributed by atoms with Gasteiger partial charge in [-0.3, -0.25) is 10.1 Å². The van der Waals surface area contributed by atoms with Crippen molar-refractivity contribution >= 4 is 75.1 Å². The Morgan fingerprint density at radius 1 is 0.949 bits per heavy atom. The van der Waals surface area contributed by atoms with Crippen LogP contribution in [-0.4, -0.2) is 23.4 Å². The van der Waals surface area contributed by atoms with Crippen molar-refractivity contribution in [2.45, 2.75) is 11.5 Å². The fourth-order valence-corrected chi connectivity index (χ4v) is 7.51. The molecule has 200 valence electrons. The summed E-state index contributed by atoms with van der Waals surface area (Å²) < 4.78 is 34.4. The van der Waals surface area contributed by atoms with Crippen LogP contribution < -0.4 is 15.4 Å². The predicted molar refractivity (Wildman–Crippen MR) is 156 cm³/mol. The number of thioether (sulfide) groups is 2. The second kappa shape index (κ2) is 11.6. The quantitative estimate of drug-likeness (QED) is 0.238. The van der Waals surface area contributed by atoms with Crippen LogP contribution in [0.2, 0.25) is 10.0 Å². The molecule has 0 saturated carbocycles. The third-order valence-corrected chi connectivity index (χ3v) is 9.93. The van der Waals surface area contributed by atoms with Gasteiger partial charge in [-0.05, 0) is 42.8 Å². The Balaban J connectivity index is 1.48. The molecule has 5 rings (SSSR count). The SMILES string of the molecule is Cc1c(NC(=O)NC(=O)c2c(F)cccc2F)cc(C2SCCS2)c(Oc2ccc(Cl)c3ccccc23)c1Cl. The molecule has 0 aliphatic carbocycles. The normalized spacial score (nSPS) is 13.5. The number of amides is 3. The third kappa shape index (κ3) is 5.68. The summed E-state index contributed by atoms with van der Waals surface area (Å²) in [5.41, 5.74) is 0.719. The van der Waals surface area contributed by atoms with E-state index in [4.69, 9.17) is 27.9 Å². The second-order valence-corrected chi connectivity index (χ2v) is 12.1. The smallest absolute Gasteiger partial charge is 0.326 e. The number of rotatable bonds is 5. The molecular formula is C28H20Cl2F2N2O3S2. The van der Waals surface area contributed by atoms with Crippen molar-refractivity contribution in [3.8, 4) is 11.5 Å². The molecule has 1 aliphatic rings. The van der Waals surface area contributed by atoms with E-state index in [1.807, 2.05) is 29.6 Å². The van der Waals surface area contributed by atoms with Gasteiger partial charge in [0.05, 0.1) is 9.60 Å². The Labute approximate surface area is 241 Å². The van der Waals surface area contributed by atoms with Gasteiger partial charge in [0.2, 0.25) is 0 Å². The van der Waals surface area contributed by atoms with Gasteiger partial charge in [0.25, 0.3) is 5.91 Å². The number of urea groups is 1. The first-order chi connectivity index (χ1) is 18.7. The zero-order valence-electron chi connectivity index (χ0n) is 20.3. The van der Waals surface area contributed by atoms with E-state index in [-0.39, 0.29) is 9.60 Å². The summed E-state index contributed by atoms with van der Waals surface area (Å²) in [4.78, 5) is 25.1. The van der Waals surface area contributed by atoms with Crippen molar-refractivity contribution in [3.05, 3.63) is 99.0 Å². The van der Waals surface area contributed by atoms with Gasteiger partial charge in [-0.2, -0.15) is 0 Å². The molecule has 1 heterocycles. The van der Waals surface area contributed by atoms with Crippen LogP contribution in [0.4, 0.5) is 19.3 Å². The lowest BCUT2D eigenvalue weighted by atomic mass is 10.1. The number of halogens is 4. The average Bonchev–Trinajstić information content (AvgIpc) is 3.44. The van der Waals surface area contributed by atoms with Gasteiger partial charge in [0.1, 0.15) is 22.9 Å². The molecule has 0 bridgehead atoms. The lowest BCUT2D eigenvalue weighted by molar-refractivity contribution is 0.0959. The molecule has 1 saturated heterocycles. The fourth-order valence-electron chi connectivity index (χ4n) is 4.16. The maximum absolute atomic E-state index is 14.0. The zero-order chi connectivity index (χ0) is 27.7. The standard InChI is InChI=1S/C28H20Cl2F2N2O3S2/c1-14-21(33-28(36)34-26(35)23-19(31)7-4-8-20(23)32)13-17(27-38-11-12-39-27)25(24(14)30)37-22-10-9-18(29)15-5-2-3-6-16(15)22/h2-10,13,27H,11-12H2,1H3,(H2,33,34,35,36). The van der Waals surface area contributed by atoms with E-state index in [0.717, 1.165) is 46.0 Å². The maximum atomic E-state index is 14.0. The molecule has 4 aromatic carbocycles. The minimum Gasteiger partial charge on any atom is -0.455 e. The average molecular weight is 606 g/mol. The molecule has 0 atom stereocenters. The molecular weight excluding hydrogens is 585 g/mol. The van der Waals surface area contributed by atoms with Crippen LogP contribution in [-0.2, 0) is 0 Å². The van der Waals surface area contributed by atoms with E-state index in [1.165, 1.54) is 0 Å². The summed E-state index contributed by atoms with van der Waals surface area (Å²) in [6.07, 6.45) is 0. The molecule has 4 aromatic rings. The second-order valence-electron chi connectivity index (χ2n) is 8.55. The molecule has 1 fully saturated rings. The number of benzene rings is 4. The summed E-state index contributed by atoms with van der Waals surface area (Å²) in [5, 5.41) is 7.09. The van der Waals surface area contributed by atoms with Crippen molar-refractivity contribution in [3.63, 3.8) is 0 Å². The minimum atomic E-state index is -1.21. The van der Waals surface area contributed by atoms with E-state index in [1.54, 1.807) is 48.6 Å². The van der Waals surface area contributed by atoms with Gasteiger partial charge in [0, 0.05) is 38.6 Å². The third-order valence-electron chi connectivity index (χ3n) is 6.08. The van der Waals surface area contributed by atoms with Crippen molar-refractivity contribution in [2.75, 3.05) is 16.8 Å². The van der Waals surface area contributed by atoms with Crippen molar-refractivity contribution in [1.82, 2.24) is 5.32 Å². The Morgan fingerprint density at radius 3 is 2.31 bits per heavy atom. The number of carbonyl (C=O) groups is 2. The number of ether oxygens (including phenoxy) is 1. The number of hydrogen-bond donors (Lipinski definition) is 2. The molecule has 3 amide bonds. The van der Waals surface area contributed by atoms with Gasteiger partial charge in [-0.1, -0.05) is 53.5 Å². The van der Waals surface area contributed by atoms with Gasteiger partial charge in [0.15, 0.2) is 5.75 Å². The van der Waals surface area contributed by atoms with Crippen LogP contribution in [0.15, 0.2) is 60.7 Å². The minimum absolute atomic E-state index is 0.0191. The number of anilines is 1. The summed E-state index contributed by atoms with van der Waals surface area (Å²) in [5.74, 6) is -0.484. The lowest BCUT2D eigenvalue weighted by Crippen LogP contribution is -2.35. The topological polar surface area (TPSA) is 67.4 Å². The van der Waals surface area contributed by atoms with Crippen molar-refractivity contribution in [2.24, 2.45) is 0 Å². The van der Waals surface area contributed by atoms with Crippen LogP contribution in [0.5, 0.6) is 11.5 Å². The van der Waals surface area contributed by atoms with Crippen molar-refractivity contribution < 1.29 is 23.1 Å². The number of carbonyl (C=O) groups excluding carboxylic acids is 2. The van der Waals surface area contributed by atoms with Gasteiger partial charge in [-0.15, -0.1) is 23.5 Å². The monoisotopic (exact) mass is 604 g/mol. The summed E-state index contributed by atoms with van der Waals surface area (Å²) >= 11 is 16.7. The van der Waals surface area contributed by atoms with Gasteiger partial charge >= 0.3 is 6.03 Å². The van der Waals surface area contributed by atoms with Crippen LogP contribution in [0.25, 0.3) is 10.8 Å². The first-order valence-corrected chi connectivity index (χ1v) is 14.6. The highest BCUT2D eigenvalue weighted by atomic mass is 35.5. The maximum Gasteiger partial charge on any atom is 0.326 e. The molecule has 1 aliphatic heterocycles. The number of nitrogens with one attached hydrogen (secondary N) is 2. The Kier molecular flexibility index (Phi) is 8.23. The van der Waals surface area contributed by atoms with Crippen LogP contribution >= 0.6 is 46.7 Å². The molecule has 0 spiro atoms. The Hall–Kier alpha value is -2.98. The molecule has 2 N–H and O–H groups in total. The summed E-state index contributed by atoms with van der Waals surface area (Å²) in [6.45, 7) is 1.70. The highest BCUT2D eigenvalue weighted by Crippen LogP contribution is 2.53. The zero-order valence-corrected chi connectivity index (χ0v) is 23.5. The number of fused-ring (bicyclic) bond motifs is 1. The van der Waals surface area contributed by atoms with Gasteiger partial charge < -0.3 is 10.1 Å². The molecule has 39 heavy (non-hydrogen) atoms. The van der Waals surface area contributed by atoms with E-state index in [9.17, 15) is 18.4 Å². The molecule has 5 nitrogen and oxygen atoms in total. The van der Waals surface area contributed by atoms with Crippen LogP contribution in [0.1, 0.15) is 26.1 Å². The first kappa shape index (κ1) is 27.6. The fraction of sp³-hybridized carbons (Fsp3) is 0.143. The molecule has 0 unspecified atom stereocenters. The molecule has 0 radical (unpaired) electrons. The molecule has 0 aromatic heterocycles. The summed E-state index contributed by atoms with van der Waals surface area (Å²) in [6, 6.07) is 14.9. The van der Waals surface area contributed by atoms with E-state index in [0.29, 0.717) is 27.8 Å². The van der Waals surface area contributed by atoms with Crippen LogP contribution in [0, 0.1) is 18.6 Å². The van der Waals surface area contributed by atoms with E-state index < -0.39 is 29.1 Å². The highest BCUT2D eigenvalue weighted by molar-refractivity contribution is 8.19. The highest BCUT2D eigenvalue weighted by Gasteiger charge is 2.28. The first-order valence-electron chi connectivity index (χ1n) is 11.7. The Bertz CT molecular complexity index is 1590. The van der Waals surface area contributed by atoms with Gasteiger partial charge in [-0.25, -0.2) is 13.6 Å². The Morgan fingerprint density at radius 2 is 1.62 bits per heavy atom. The van der Waals surface area contributed by atoms with Crippen molar-refractivity contribution in [1.29, 1.82) is 0 Å². The lowest BCUT2D eigenvalue weighted by Gasteiger charge is -2.21.